The predicted octanol–water partition coefficient (Wildman–Crippen LogP) is 2.43. The topological polar surface area (TPSA) is 39.1 Å². The second-order valence-corrected chi connectivity index (χ2v) is 4.36. The number of imidazole rings is 1. The van der Waals surface area contributed by atoms with Crippen molar-refractivity contribution < 1.29 is 17.9 Å². The normalized spacial score (nSPS) is 13.7. The van der Waals surface area contributed by atoms with E-state index in [0.29, 0.717) is 6.42 Å². The van der Waals surface area contributed by atoms with Crippen molar-refractivity contribution in [3.63, 3.8) is 0 Å². The maximum atomic E-state index is 12.0. The Labute approximate surface area is 111 Å². The summed E-state index contributed by atoms with van der Waals surface area (Å²) >= 11 is 0. The van der Waals surface area contributed by atoms with Gasteiger partial charge in [0.15, 0.2) is 0 Å². The van der Waals surface area contributed by atoms with Crippen molar-refractivity contribution in [1.29, 1.82) is 0 Å². The standard InChI is InChI=1S/C12H20F3N3O/c1-3-5-16-10(11-17-6-7-18(11)2)4-8-19-9-12(13,14)15/h6-7,10,16H,3-5,8-9H2,1-2H3. The van der Waals surface area contributed by atoms with E-state index < -0.39 is 12.8 Å². The van der Waals surface area contributed by atoms with Gasteiger partial charge in [0.2, 0.25) is 0 Å². The van der Waals surface area contributed by atoms with E-state index in [0.717, 1.165) is 18.8 Å². The van der Waals surface area contributed by atoms with Gasteiger partial charge in [-0.3, -0.25) is 0 Å². The van der Waals surface area contributed by atoms with Crippen LogP contribution in [0.25, 0.3) is 0 Å². The third-order valence-corrected chi connectivity index (χ3v) is 2.63. The van der Waals surface area contributed by atoms with E-state index in [1.807, 2.05) is 24.7 Å². The van der Waals surface area contributed by atoms with E-state index in [1.165, 1.54) is 0 Å². The monoisotopic (exact) mass is 279 g/mol. The average Bonchev–Trinajstić information content (AvgIpc) is 2.73. The Kier molecular flexibility index (Phi) is 6.30. The largest absolute Gasteiger partial charge is 0.411 e. The molecule has 0 bridgehead atoms. The molecule has 1 N–H and O–H groups in total. The summed E-state index contributed by atoms with van der Waals surface area (Å²) in [6, 6.07) is -0.0896. The molecule has 0 fully saturated rings. The summed E-state index contributed by atoms with van der Waals surface area (Å²) in [6.07, 6.45) is 0.625. The summed E-state index contributed by atoms with van der Waals surface area (Å²) < 4.78 is 42.4. The van der Waals surface area contributed by atoms with Crippen LogP contribution < -0.4 is 5.32 Å². The summed E-state index contributed by atoms with van der Waals surface area (Å²) in [5.74, 6) is 0.809. The van der Waals surface area contributed by atoms with Crippen molar-refractivity contribution in [1.82, 2.24) is 14.9 Å². The van der Waals surface area contributed by atoms with Crippen LogP contribution in [0.4, 0.5) is 13.2 Å². The highest BCUT2D eigenvalue weighted by Crippen LogP contribution is 2.17. The van der Waals surface area contributed by atoms with Crippen molar-refractivity contribution in [3.05, 3.63) is 18.2 Å². The molecule has 19 heavy (non-hydrogen) atoms. The first-order valence-corrected chi connectivity index (χ1v) is 6.29. The lowest BCUT2D eigenvalue weighted by Crippen LogP contribution is -2.27. The van der Waals surface area contributed by atoms with Gasteiger partial charge < -0.3 is 14.6 Å². The lowest BCUT2D eigenvalue weighted by atomic mass is 10.2. The Hall–Kier alpha value is -1.08. The average molecular weight is 279 g/mol. The summed E-state index contributed by atoms with van der Waals surface area (Å²) in [7, 11) is 1.86. The Morgan fingerprint density at radius 2 is 2.21 bits per heavy atom. The maximum Gasteiger partial charge on any atom is 0.411 e. The Bertz CT molecular complexity index is 365. The van der Waals surface area contributed by atoms with Gasteiger partial charge in [0, 0.05) is 26.0 Å². The van der Waals surface area contributed by atoms with E-state index in [-0.39, 0.29) is 12.6 Å². The SMILES string of the molecule is CCCNC(CCOCC(F)(F)F)c1nccn1C. The summed E-state index contributed by atoms with van der Waals surface area (Å²) in [6.45, 7) is 1.67. The first kappa shape index (κ1) is 16.0. The minimum atomic E-state index is -4.27. The minimum absolute atomic E-state index is 0.0494. The number of nitrogens with one attached hydrogen (secondary N) is 1. The predicted molar refractivity (Wildman–Crippen MR) is 65.7 cm³/mol. The highest BCUT2D eigenvalue weighted by molar-refractivity contribution is 4.98. The smallest absolute Gasteiger partial charge is 0.372 e. The lowest BCUT2D eigenvalue weighted by Gasteiger charge is -2.18. The highest BCUT2D eigenvalue weighted by atomic mass is 19.4. The summed E-state index contributed by atoms with van der Waals surface area (Å²) in [4.78, 5) is 4.22. The molecule has 1 heterocycles. The molecular weight excluding hydrogens is 259 g/mol. The van der Waals surface area contributed by atoms with Gasteiger partial charge in [-0.2, -0.15) is 13.2 Å². The van der Waals surface area contributed by atoms with Gasteiger partial charge in [-0.05, 0) is 19.4 Å². The molecule has 0 aliphatic heterocycles. The number of ether oxygens (including phenoxy) is 1. The molecule has 1 unspecified atom stereocenters. The summed E-state index contributed by atoms with van der Waals surface area (Å²) in [5, 5.41) is 3.27. The molecule has 0 aliphatic carbocycles. The molecule has 0 saturated carbocycles. The molecule has 110 valence electrons. The van der Waals surface area contributed by atoms with Gasteiger partial charge in [0.25, 0.3) is 0 Å². The molecular formula is C12H20F3N3O. The van der Waals surface area contributed by atoms with Crippen molar-refractivity contribution in [3.8, 4) is 0 Å². The fourth-order valence-corrected chi connectivity index (χ4v) is 1.74. The van der Waals surface area contributed by atoms with Crippen LogP contribution in [0.15, 0.2) is 12.4 Å². The van der Waals surface area contributed by atoms with Crippen LogP contribution in [0, 0.1) is 0 Å². The molecule has 1 aromatic rings. The van der Waals surface area contributed by atoms with Gasteiger partial charge in [-0.1, -0.05) is 6.92 Å². The number of hydrogen-bond acceptors (Lipinski definition) is 3. The van der Waals surface area contributed by atoms with E-state index in [2.05, 4.69) is 15.0 Å². The fourth-order valence-electron chi connectivity index (χ4n) is 1.74. The van der Waals surface area contributed by atoms with Crippen LogP contribution in [-0.2, 0) is 11.8 Å². The van der Waals surface area contributed by atoms with Gasteiger partial charge in [-0.15, -0.1) is 0 Å². The zero-order valence-electron chi connectivity index (χ0n) is 11.2. The van der Waals surface area contributed by atoms with Crippen LogP contribution in [-0.4, -0.2) is 35.5 Å². The third-order valence-electron chi connectivity index (χ3n) is 2.63. The number of alkyl halides is 3. The third kappa shape index (κ3) is 6.07. The quantitative estimate of drug-likeness (QED) is 0.743. The lowest BCUT2D eigenvalue weighted by molar-refractivity contribution is -0.174. The Morgan fingerprint density at radius 1 is 1.47 bits per heavy atom. The molecule has 0 aliphatic rings. The minimum Gasteiger partial charge on any atom is -0.372 e. The van der Waals surface area contributed by atoms with Crippen LogP contribution in [0.2, 0.25) is 0 Å². The van der Waals surface area contributed by atoms with Crippen LogP contribution in [0.5, 0.6) is 0 Å². The molecule has 0 radical (unpaired) electrons. The van der Waals surface area contributed by atoms with Crippen molar-refractivity contribution in [2.45, 2.75) is 32.0 Å². The zero-order chi connectivity index (χ0) is 14.3. The second kappa shape index (κ2) is 7.49. The van der Waals surface area contributed by atoms with Crippen molar-refractivity contribution >= 4 is 0 Å². The number of rotatable bonds is 8. The van der Waals surface area contributed by atoms with E-state index in [9.17, 15) is 13.2 Å². The molecule has 0 spiro atoms. The van der Waals surface area contributed by atoms with Crippen LogP contribution >= 0.6 is 0 Å². The zero-order valence-corrected chi connectivity index (χ0v) is 11.2. The van der Waals surface area contributed by atoms with E-state index >= 15 is 0 Å². The van der Waals surface area contributed by atoms with Crippen molar-refractivity contribution in [2.75, 3.05) is 19.8 Å². The molecule has 7 heteroatoms. The number of halogens is 3. The molecule has 0 saturated heterocycles. The molecule has 0 aromatic carbocycles. The summed E-state index contributed by atoms with van der Waals surface area (Å²) in [5.41, 5.74) is 0. The van der Waals surface area contributed by atoms with Gasteiger partial charge >= 0.3 is 6.18 Å². The molecule has 1 aromatic heterocycles. The molecule has 4 nitrogen and oxygen atoms in total. The molecule has 1 atom stereocenters. The number of hydrogen-bond donors (Lipinski definition) is 1. The first-order valence-electron chi connectivity index (χ1n) is 6.29. The maximum absolute atomic E-state index is 12.0. The number of nitrogens with zero attached hydrogens (tertiary/aromatic N) is 2. The Balaban J connectivity index is 2.45. The van der Waals surface area contributed by atoms with Gasteiger partial charge in [-0.25, -0.2) is 4.98 Å². The highest BCUT2D eigenvalue weighted by Gasteiger charge is 2.27. The fraction of sp³-hybridized carbons (Fsp3) is 0.750. The van der Waals surface area contributed by atoms with Crippen molar-refractivity contribution in [2.24, 2.45) is 7.05 Å². The first-order chi connectivity index (χ1) is 8.94. The van der Waals surface area contributed by atoms with Gasteiger partial charge in [0.05, 0.1) is 6.04 Å². The van der Waals surface area contributed by atoms with E-state index in [4.69, 9.17) is 0 Å². The van der Waals surface area contributed by atoms with Crippen LogP contribution in [0.1, 0.15) is 31.6 Å². The van der Waals surface area contributed by atoms with E-state index in [1.54, 1.807) is 6.20 Å². The van der Waals surface area contributed by atoms with Crippen LogP contribution in [0.3, 0.4) is 0 Å². The van der Waals surface area contributed by atoms with Gasteiger partial charge in [0.1, 0.15) is 12.4 Å². The number of aromatic nitrogens is 2. The molecule has 1 rings (SSSR count). The number of aryl methyl sites for hydroxylation is 1. The Morgan fingerprint density at radius 3 is 2.74 bits per heavy atom. The second-order valence-electron chi connectivity index (χ2n) is 4.36. The molecule has 0 amide bonds.